The van der Waals surface area contributed by atoms with Crippen molar-refractivity contribution in [1.82, 2.24) is 0 Å². The molecule has 1 aromatic carbocycles. The predicted molar refractivity (Wildman–Crippen MR) is 95.3 cm³/mol. The lowest BCUT2D eigenvalue weighted by molar-refractivity contribution is 0.296. The smallest absolute Gasteiger partial charge is 0.201 e. The SMILES string of the molecule is C/C=C/Oc1ccc(C2CCC(CCCCCC)CC2)c(F)c1F. The highest BCUT2D eigenvalue weighted by Gasteiger charge is 2.26. The number of unbranched alkanes of at least 4 members (excludes halogenated alkanes) is 3. The molecule has 2 rings (SSSR count). The molecule has 1 nitrogen and oxygen atoms in total. The van der Waals surface area contributed by atoms with Crippen molar-refractivity contribution in [3.05, 3.63) is 41.7 Å². The molecule has 0 aliphatic heterocycles. The molecule has 1 aliphatic carbocycles. The summed E-state index contributed by atoms with van der Waals surface area (Å²) in [4.78, 5) is 0. The fraction of sp³-hybridized carbons (Fsp3) is 0.619. The van der Waals surface area contributed by atoms with Crippen LogP contribution in [0.2, 0.25) is 0 Å². The zero-order chi connectivity index (χ0) is 17.4. The molecule has 1 fully saturated rings. The van der Waals surface area contributed by atoms with E-state index in [1.54, 1.807) is 25.1 Å². The summed E-state index contributed by atoms with van der Waals surface area (Å²) in [7, 11) is 0. The summed E-state index contributed by atoms with van der Waals surface area (Å²) in [5.41, 5.74) is 0.518. The van der Waals surface area contributed by atoms with Gasteiger partial charge in [0.25, 0.3) is 0 Å². The van der Waals surface area contributed by atoms with Crippen molar-refractivity contribution < 1.29 is 13.5 Å². The Morgan fingerprint density at radius 3 is 2.46 bits per heavy atom. The normalized spacial score (nSPS) is 21.3. The number of ether oxygens (including phenoxy) is 1. The number of hydrogen-bond acceptors (Lipinski definition) is 1. The molecule has 3 heteroatoms. The summed E-state index contributed by atoms with van der Waals surface area (Å²) < 4.78 is 33.6. The highest BCUT2D eigenvalue weighted by molar-refractivity contribution is 5.33. The van der Waals surface area contributed by atoms with E-state index in [0.29, 0.717) is 5.56 Å². The molecular formula is C21H30F2O. The molecule has 0 heterocycles. The Kier molecular flexibility index (Phi) is 7.74. The lowest BCUT2D eigenvalue weighted by Gasteiger charge is -2.29. The third-order valence-corrected chi connectivity index (χ3v) is 5.16. The standard InChI is InChI=1S/C21H30F2O/c1-3-5-6-7-8-16-9-11-17(12-10-16)18-13-14-19(24-15-4-2)21(23)20(18)22/h4,13-17H,3,5-12H2,1-2H3/b15-4+. The predicted octanol–water partition coefficient (Wildman–Crippen LogP) is 7.12. The Bertz CT molecular complexity index is 531. The van der Waals surface area contributed by atoms with Gasteiger partial charge < -0.3 is 4.74 Å². The van der Waals surface area contributed by atoms with Crippen molar-refractivity contribution in [1.29, 1.82) is 0 Å². The van der Waals surface area contributed by atoms with Crippen LogP contribution >= 0.6 is 0 Å². The maximum absolute atomic E-state index is 14.4. The minimum atomic E-state index is -0.868. The summed E-state index contributed by atoms with van der Waals surface area (Å²) >= 11 is 0. The minimum Gasteiger partial charge on any atom is -0.462 e. The summed E-state index contributed by atoms with van der Waals surface area (Å²) in [5, 5.41) is 0. The maximum atomic E-state index is 14.4. The van der Waals surface area contributed by atoms with Gasteiger partial charge in [0.2, 0.25) is 5.82 Å². The van der Waals surface area contributed by atoms with Gasteiger partial charge in [-0.15, -0.1) is 0 Å². The first kappa shape index (κ1) is 19.0. The largest absolute Gasteiger partial charge is 0.462 e. The molecule has 0 saturated heterocycles. The van der Waals surface area contributed by atoms with Crippen molar-refractivity contribution >= 4 is 0 Å². The summed E-state index contributed by atoms with van der Waals surface area (Å²) in [6.07, 6.45) is 13.7. The molecular weight excluding hydrogens is 306 g/mol. The van der Waals surface area contributed by atoms with Gasteiger partial charge in [-0.05, 0) is 56.1 Å². The van der Waals surface area contributed by atoms with Crippen LogP contribution in [0.1, 0.15) is 83.1 Å². The second-order valence-electron chi connectivity index (χ2n) is 6.94. The lowest BCUT2D eigenvalue weighted by Crippen LogP contribution is -2.15. The van der Waals surface area contributed by atoms with Crippen molar-refractivity contribution in [2.24, 2.45) is 5.92 Å². The molecule has 0 spiro atoms. The second-order valence-corrected chi connectivity index (χ2v) is 6.94. The van der Waals surface area contributed by atoms with Crippen LogP contribution in [-0.4, -0.2) is 0 Å². The molecule has 1 saturated carbocycles. The lowest BCUT2D eigenvalue weighted by atomic mass is 9.77. The first-order chi connectivity index (χ1) is 11.7. The van der Waals surface area contributed by atoms with Crippen LogP contribution in [0.25, 0.3) is 0 Å². The maximum Gasteiger partial charge on any atom is 0.201 e. The first-order valence-corrected chi connectivity index (χ1v) is 9.43. The van der Waals surface area contributed by atoms with Crippen molar-refractivity contribution in [3.63, 3.8) is 0 Å². The average Bonchev–Trinajstić information content (AvgIpc) is 2.61. The van der Waals surface area contributed by atoms with Gasteiger partial charge in [-0.1, -0.05) is 51.2 Å². The molecule has 0 unspecified atom stereocenters. The van der Waals surface area contributed by atoms with Gasteiger partial charge in [-0.25, -0.2) is 4.39 Å². The summed E-state index contributed by atoms with van der Waals surface area (Å²) in [5.74, 6) is -0.736. The van der Waals surface area contributed by atoms with E-state index in [2.05, 4.69) is 6.92 Å². The van der Waals surface area contributed by atoms with E-state index in [-0.39, 0.29) is 11.7 Å². The Hall–Kier alpha value is -1.38. The molecule has 1 aromatic rings. The third-order valence-electron chi connectivity index (χ3n) is 5.16. The van der Waals surface area contributed by atoms with Crippen LogP contribution < -0.4 is 4.74 Å². The molecule has 24 heavy (non-hydrogen) atoms. The molecule has 0 aromatic heterocycles. The zero-order valence-corrected chi connectivity index (χ0v) is 15.0. The fourth-order valence-electron chi connectivity index (χ4n) is 3.72. The Balaban J connectivity index is 1.90. The molecule has 1 aliphatic rings. The second kappa shape index (κ2) is 9.80. The van der Waals surface area contributed by atoms with Gasteiger partial charge in [0.05, 0.1) is 6.26 Å². The third kappa shape index (κ3) is 5.06. The fourth-order valence-corrected chi connectivity index (χ4v) is 3.72. The first-order valence-electron chi connectivity index (χ1n) is 9.43. The van der Waals surface area contributed by atoms with Crippen molar-refractivity contribution in [3.8, 4) is 5.75 Å². The number of rotatable bonds is 8. The van der Waals surface area contributed by atoms with Gasteiger partial charge in [0, 0.05) is 0 Å². The van der Waals surface area contributed by atoms with Gasteiger partial charge in [0.15, 0.2) is 11.6 Å². The molecule has 0 N–H and O–H groups in total. The quantitative estimate of drug-likeness (QED) is 0.363. The van der Waals surface area contributed by atoms with E-state index in [9.17, 15) is 8.78 Å². The molecule has 0 atom stereocenters. The van der Waals surface area contributed by atoms with Crippen LogP contribution in [0.4, 0.5) is 8.78 Å². The zero-order valence-electron chi connectivity index (χ0n) is 15.0. The van der Waals surface area contributed by atoms with E-state index in [4.69, 9.17) is 4.74 Å². The van der Waals surface area contributed by atoms with Gasteiger partial charge in [-0.2, -0.15) is 4.39 Å². The monoisotopic (exact) mass is 336 g/mol. The van der Waals surface area contributed by atoms with Gasteiger partial charge in [0.1, 0.15) is 0 Å². The van der Waals surface area contributed by atoms with E-state index in [0.717, 1.165) is 31.6 Å². The number of allylic oxidation sites excluding steroid dienone is 1. The van der Waals surface area contributed by atoms with Crippen molar-refractivity contribution in [2.45, 2.75) is 77.6 Å². The number of halogens is 2. The minimum absolute atomic E-state index is 0.0426. The Labute approximate surface area is 145 Å². The van der Waals surface area contributed by atoms with E-state index < -0.39 is 11.6 Å². The average molecular weight is 336 g/mol. The highest BCUT2D eigenvalue weighted by Crippen LogP contribution is 2.40. The van der Waals surface area contributed by atoms with Crippen LogP contribution in [0.15, 0.2) is 24.5 Å². The Morgan fingerprint density at radius 1 is 1.04 bits per heavy atom. The Morgan fingerprint density at radius 2 is 1.79 bits per heavy atom. The van der Waals surface area contributed by atoms with Crippen LogP contribution in [0, 0.1) is 17.6 Å². The topological polar surface area (TPSA) is 9.23 Å². The van der Waals surface area contributed by atoms with E-state index >= 15 is 0 Å². The summed E-state index contributed by atoms with van der Waals surface area (Å²) in [6, 6.07) is 3.24. The highest BCUT2D eigenvalue weighted by atomic mass is 19.2. The van der Waals surface area contributed by atoms with Crippen molar-refractivity contribution in [2.75, 3.05) is 0 Å². The van der Waals surface area contributed by atoms with Crippen LogP contribution in [0.3, 0.4) is 0 Å². The van der Waals surface area contributed by atoms with E-state index in [1.807, 2.05) is 0 Å². The van der Waals surface area contributed by atoms with Gasteiger partial charge in [-0.3, -0.25) is 0 Å². The van der Waals surface area contributed by atoms with Crippen LogP contribution in [0.5, 0.6) is 5.75 Å². The van der Waals surface area contributed by atoms with Crippen LogP contribution in [-0.2, 0) is 0 Å². The molecule has 0 radical (unpaired) electrons. The number of benzene rings is 1. The van der Waals surface area contributed by atoms with Gasteiger partial charge >= 0.3 is 0 Å². The number of hydrogen-bond donors (Lipinski definition) is 0. The summed E-state index contributed by atoms with van der Waals surface area (Å²) in [6.45, 7) is 4.00. The molecule has 134 valence electrons. The molecule has 0 amide bonds. The molecule has 0 bridgehead atoms. The van der Waals surface area contributed by atoms with E-state index in [1.165, 1.54) is 38.4 Å².